The third-order valence-corrected chi connectivity index (χ3v) is 3.50. The van der Waals surface area contributed by atoms with Crippen LogP contribution in [0.1, 0.15) is 5.56 Å². The fraction of sp³-hybridized carbons (Fsp3) is 0. The van der Waals surface area contributed by atoms with Crippen LogP contribution in [-0.2, 0) is 0 Å². The van der Waals surface area contributed by atoms with Crippen LogP contribution in [0.3, 0.4) is 0 Å². The van der Waals surface area contributed by atoms with Gasteiger partial charge >= 0.3 is 0 Å². The zero-order valence-corrected chi connectivity index (χ0v) is 7.13. The Morgan fingerprint density at radius 2 is 2.36 bits per heavy atom. The van der Waals surface area contributed by atoms with Gasteiger partial charge in [-0.15, -0.1) is 22.7 Å². The highest BCUT2D eigenvalue weighted by molar-refractivity contribution is 7.39. The van der Waals surface area contributed by atoms with Crippen molar-refractivity contribution in [1.29, 1.82) is 5.26 Å². The maximum absolute atomic E-state index is 8.65. The molecule has 0 aliphatic carbocycles. The van der Waals surface area contributed by atoms with Crippen molar-refractivity contribution in [3.05, 3.63) is 17.0 Å². The number of hydrogen-bond donors (Lipinski definition) is 1. The van der Waals surface area contributed by atoms with Crippen LogP contribution in [0, 0.1) is 11.3 Å². The van der Waals surface area contributed by atoms with Gasteiger partial charge in [0.1, 0.15) is 6.07 Å². The van der Waals surface area contributed by atoms with Crippen LogP contribution < -0.4 is 5.73 Å². The second-order valence-electron chi connectivity index (χ2n) is 2.11. The summed E-state index contributed by atoms with van der Waals surface area (Å²) in [6, 6.07) is 3.98. The second kappa shape index (κ2) is 2.22. The summed E-state index contributed by atoms with van der Waals surface area (Å²) in [5, 5.41) is 12.3. The third kappa shape index (κ3) is 0.897. The maximum Gasteiger partial charge on any atom is 0.101 e. The predicted molar refractivity (Wildman–Crippen MR) is 48.8 cm³/mol. The number of hydrogen-bond acceptors (Lipinski definition) is 4. The van der Waals surface area contributed by atoms with Crippen LogP contribution in [0.15, 0.2) is 11.4 Å². The summed E-state index contributed by atoms with van der Waals surface area (Å²) >= 11 is 3.11. The molecule has 2 aromatic heterocycles. The van der Waals surface area contributed by atoms with E-state index in [1.807, 2.05) is 11.4 Å². The van der Waals surface area contributed by atoms with E-state index in [0.29, 0.717) is 0 Å². The van der Waals surface area contributed by atoms with Gasteiger partial charge in [-0.25, -0.2) is 0 Å². The molecule has 2 N–H and O–H groups in total. The number of nitrogens with zero attached hydrogens (tertiary/aromatic N) is 1. The topological polar surface area (TPSA) is 49.8 Å². The summed E-state index contributed by atoms with van der Waals surface area (Å²) in [5.41, 5.74) is 6.31. The van der Waals surface area contributed by atoms with Gasteiger partial charge in [-0.3, -0.25) is 0 Å². The molecule has 0 unspecified atom stereocenters. The second-order valence-corrected chi connectivity index (χ2v) is 4.33. The summed E-state index contributed by atoms with van der Waals surface area (Å²) in [5.74, 6) is 0. The summed E-state index contributed by atoms with van der Waals surface area (Å²) in [6.07, 6.45) is 0. The average molecular weight is 180 g/mol. The van der Waals surface area contributed by atoms with E-state index in [0.717, 1.165) is 20.0 Å². The fourth-order valence-electron chi connectivity index (χ4n) is 0.930. The summed E-state index contributed by atoms with van der Waals surface area (Å²) in [7, 11) is 0. The van der Waals surface area contributed by atoms with Crippen molar-refractivity contribution in [3.63, 3.8) is 0 Å². The molecule has 0 spiro atoms. The molecule has 2 aromatic rings. The van der Waals surface area contributed by atoms with E-state index in [1.165, 1.54) is 11.3 Å². The normalized spacial score (nSPS) is 10.1. The smallest absolute Gasteiger partial charge is 0.101 e. The zero-order chi connectivity index (χ0) is 7.84. The van der Waals surface area contributed by atoms with E-state index in [1.54, 1.807) is 11.3 Å². The van der Waals surface area contributed by atoms with Crippen molar-refractivity contribution in [2.75, 3.05) is 5.73 Å². The average Bonchev–Trinajstić information content (AvgIpc) is 2.45. The monoisotopic (exact) mass is 180 g/mol. The van der Waals surface area contributed by atoms with Crippen molar-refractivity contribution in [2.45, 2.75) is 0 Å². The molecule has 4 heteroatoms. The van der Waals surface area contributed by atoms with Crippen LogP contribution in [-0.4, -0.2) is 0 Å². The zero-order valence-electron chi connectivity index (χ0n) is 5.50. The van der Waals surface area contributed by atoms with Gasteiger partial charge in [-0.2, -0.15) is 5.26 Å². The van der Waals surface area contributed by atoms with Gasteiger partial charge in [0.2, 0.25) is 0 Å². The van der Waals surface area contributed by atoms with Crippen LogP contribution >= 0.6 is 22.7 Å². The predicted octanol–water partition coefficient (Wildman–Crippen LogP) is 2.42. The molecule has 2 rings (SSSR count). The van der Waals surface area contributed by atoms with Crippen molar-refractivity contribution in [2.24, 2.45) is 0 Å². The number of nitrogens with two attached hydrogens (primary N) is 1. The Balaban J connectivity index is 2.86. The molecule has 0 radical (unpaired) electrons. The summed E-state index contributed by atoms with van der Waals surface area (Å²) in [6.45, 7) is 0. The Hall–Kier alpha value is -1.05. The molecule has 0 bridgehead atoms. The lowest BCUT2D eigenvalue weighted by atomic mass is 10.3. The molecule has 11 heavy (non-hydrogen) atoms. The lowest BCUT2D eigenvalue weighted by molar-refractivity contribution is 1.52. The number of thiophene rings is 2. The van der Waals surface area contributed by atoms with E-state index >= 15 is 0 Å². The van der Waals surface area contributed by atoms with Crippen molar-refractivity contribution in [3.8, 4) is 6.07 Å². The summed E-state index contributed by atoms with van der Waals surface area (Å²) in [4.78, 5) is 0. The Kier molecular flexibility index (Phi) is 1.34. The van der Waals surface area contributed by atoms with Gasteiger partial charge in [0.15, 0.2) is 0 Å². The third-order valence-electron chi connectivity index (χ3n) is 1.41. The van der Waals surface area contributed by atoms with Crippen molar-refractivity contribution in [1.82, 2.24) is 0 Å². The van der Waals surface area contributed by atoms with Gasteiger partial charge in [0, 0.05) is 10.8 Å². The van der Waals surface area contributed by atoms with Gasteiger partial charge in [-0.1, -0.05) is 0 Å². The first-order valence-electron chi connectivity index (χ1n) is 2.98. The van der Waals surface area contributed by atoms with E-state index in [2.05, 4.69) is 6.07 Å². The van der Waals surface area contributed by atoms with E-state index in [-0.39, 0.29) is 0 Å². The Morgan fingerprint density at radius 1 is 1.55 bits per heavy atom. The van der Waals surface area contributed by atoms with Gasteiger partial charge in [0.25, 0.3) is 0 Å². The van der Waals surface area contributed by atoms with Crippen LogP contribution in [0.5, 0.6) is 0 Å². The minimum absolute atomic E-state index is 0.734. The molecule has 0 atom stereocenters. The van der Waals surface area contributed by atoms with E-state index in [4.69, 9.17) is 11.0 Å². The van der Waals surface area contributed by atoms with Gasteiger partial charge in [-0.05, 0) is 6.07 Å². The molecule has 0 fully saturated rings. The number of fused-ring (bicyclic) bond motifs is 1. The highest BCUT2D eigenvalue weighted by Crippen LogP contribution is 2.34. The van der Waals surface area contributed by atoms with Crippen molar-refractivity contribution >= 4 is 37.1 Å². The van der Waals surface area contributed by atoms with Crippen molar-refractivity contribution < 1.29 is 0 Å². The van der Waals surface area contributed by atoms with Gasteiger partial charge < -0.3 is 5.73 Å². The molecular weight excluding hydrogens is 176 g/mol. The molecule has 0 aromatic carbocycles. The minimum atomic E-state index is 0.734. The molecule has 0 aliphatic rings. The van der Waals surface area contributed by atoms with Gasteiger partial charge in [0.05, 0.1) is 14.6 Å². The lowest BCUT2D eigenvalue weighted by Crippen LogP contribution is -1.73. The highest BCUT2D eigenvalue weighted by Gasteiger charge is 2.05. The van der Waals surface area contributed by atoms with E-state index < -0.39 is 0 Å². The molecule has 54 valence electrons. The molecule has 0 saturated carbocycles. The van der Waals surface area contributed by atoms with Crippen LogP contribution in [0.25, 0.3) is 9.40 Å². The van der Waals surface area contributed by atoms with Crippen LogP contribution in [0.2, 0.25) is 0 Å². The number of rotatable bonds is 0. The first kappa shape index (κ1) is 6.65. The fourth-order valence-corrected chi connectivity index (χ4v) is 2.93. The standard InChI is InChI=1S/C7H4N2S2/c8-2-4-3-10-7-5(4)1-6(9)11-7/h1,3H,9H2. The maximum atomic E-state index is 8.65. The van der Waals surface area contributed by atoms with Crippen LogP contribution in [0.4, 0.5) is 5.00 Å². The molecule has 0 aliphatic heterocycles. The SMILES string of the molecule is N#Cc1csc2sc(N)cc12. The Morgan fingerprint density at radius 3 is 3.09 bits per heavy atom. The number of anilines is 1. The molecule has 2 heterocycles. The molecule has 0 amide bonds. The Bertz CT molecular complexity index is 433. The Labute approximate surface area is 71.5 Å². The number of nitriles is 1. The highest BCUT2D eigenvalue weighted by atomic mass is 32.2. The molecular formula is C7H4N2S2. The quantitative estimate of drug-likeness (QED) is 0.676. The first-order chi connectivity index (χ1) is 5.31. The first-order valence-corrected chi connectivity index (χ1v) is 4.67. The summed E-state index contributed by atoms with van der Waals surface area (Å²) < 4.78 is 1.14. The largest absolute Gasteiger partial charge is 0.391 e. The molecule has 2 nitrogen and oxygen atoms in total. The lowest BCUT2D eigenvalue weighted by Gasteiger charge is -1.75. The molecule has 0 saturated heterocycles. The van der Waals surface area contributed by atoms with E-state index in [9.17, 15) is 0 Å². The number of nitrogen functional groups attached to an aromatic ring is 1. The minimum Gasteiger partial charge on any atom is -0.391 e.